The zero-order valence-electron chi connectivity index (χ0n) is 13.8. The number of piperidine rings is 1. The number of rotatable bonds is 5. The van der Waals surface area contributed by atoms with Crippen molar-refractivity contribution in [1.82, 2.24) is 4.90 Å². The Morgan fingerprint density at radius 2 is 1.87 bits per heavy atom. The van der Waals surface area contributed by atoms with E-state index >= 15 is 0 Å². The topological polar surface area (TPSA) is 57.6 Å². The summed E-state index contributed by atoms with van der Waals surface area (Å²) in [5.41, 5.74) is 2.54. The van der Waals surface area contributed by atoms with Crippen LogP contribution in [0.5, 0.6) is 0 Å². The Kier molecular flexibility index (Phi) is 4.42. The molecule has 1 aliphatic heterocycles. The molecule has 0 bridgehead atoms. The molecule has 0 radical (unpaired) electrons. The van der Waals surface area contributed by atoms with Crippen LogP contribution in [0, 0.1) is 18.3 Å². The molecule has 124 valence electrons. The van der Waals surface area contributed by atoms with Gasteiger partial charge in [0.15, 0.2) is 0 Å². The summed E-state index contributed by atoms with van der Waals surface area (Å²) in [5, 5.41) is 9.11. The second-order valence-corrected chi connectivity index (χ2v) is 7.18. The number of carbonyl (C=O) groups excluding carboxylic acids is 1. The molecular weight excluding hydrogens is 290 g/mol. The Hall–Kier alpha value is -1.84. The number of carboxylic acid groups (broad SMARTS) is 1. The van der Waals surface area contributed by atoms with Crippen LogP contribution in [-0.4, -0.2) is 35.0 Å². The van der Waals surface area contributed by atoms with Gasteiger partial charge in [-0.05, 0) is 50.0 Å². The van der Waals surface area contributed by atoms with Crippen molar-refractivity contribution in [3.8, 4) is 0 Å². The number of nitrogens with zero attached hydrogens (tertiary/aromatic N) is 1. The Balaban J connectivity index is 1.40. The third-order valence-corrected chi connectivity index (χ3v) is 5.58. The first-order valence-electron chi connectivity index (χ1n) is 8.56. The molecule has 3 rings (SSSR count). The van der Waals surface area contributed by atoms with Gasteiger partial charge in [-0.2, -0.15) is 0 Å². The molecule has 2 aliphatic rings. The van der Waals surface area contributed by atoms with E-state index in [0.717, 1.165) is 45.2 Å². The number of carbonyl (C=O) groups is 2. The van der Waals surface area contributed by atoms with Crippen LogP contribution in [0.2, 0.25) is 0 Å². The van der Waals surface area contributed by atoms with Crippen molar-refractivity contribution in [1.29, 1.82) is 0 Å². The Labute approximate surface area is 137 Å². The fourth-order valence-corrected chi connectivity index (χ4v) is 3.81. The summed E-state index contributed by atoms with van der Waals surface area (Å²) in [7, 11) is 0. The molecule has 1 aromatic rings. The number of amides is 1. The molecule has 1 saturated carbocycles. The molecule has 1 atom stereocenters. The highest BCUT2D eigenvalue weighted by Gasteiger charge is 2.59. The van der Waals surface area contributed by atoms with Gasteiger partial charge in [0.25, 0.3) is 0 Å². The van der Waals surface area contributed by atoms with Gasteiger partial charge in [0, 0.05) is 19.5 Å². The van der Waals surface area contributed by atoms with Gasteiger partial charge in [0.1, 0.15) is 0 Å². The second kappa shape index (κ2) is 6.34. The van der Waals surface area contributed by atoms with Crippen LogP contribution in [0.25, 0.3) is 0 Å². The normalized spacial score (nSPS) is 22.1. The van der Waals surface area contributed by atoms with Crippen LogP contribution in [0.1, 0.15) is 43.2 Å². The third-order valence-electron chi connectivity index (χ3n) is 5.58. The first-order valence-corrected chi connectivity index (χ1v) is 8.56. The summed E-state index contributed by atoms with van der Waals surface area (Å²) in [6.45, 7) is 3.53. The fraction of sp³-hybridized carbons (Fsp3) is 0.579. The van der Waals surface area contributed by atoms with Crippen LogP contribution in [0.3, 0.4) is 0 Å². The predicted octanol–water partition coefficient (Wildman–Crippen LogP) is 3.03. The monoisotopic (exact) mass is 315 g/mol. The van der Waals surface area contributed by atoms with E-state index in [0.29, 0.717) is 6.42 Å². The molecule has 1 spiro atoms. The number of hydrogen-bond acceptors (Lipinski definition) is 2. The summed E-state index contributed by atoms with van der Waals surface area (Å²) in [5.74, 6) is -0.608. The highest BCUT2D eigenvalue weighted by atomic mass is 16.4. The minimum atomic E-state index is -0.664. The highest BCUT2D eigenvalue weighted by Crippen LogP contribution is 2.59. The maximum absolute atomic E-state index is 12.3. The SMILES string of the molecule is Cc1ccc(CCCC(=O)N2CCC3(CC2)CC3C(=O)O)cc1. The lowest BCUT2D eigenvalue weighted by Gasteiger charge is -2.32. The zero-order chi connectivity index (χ0) is 16.4. The number of benzene rings is 1. The molecule has 4 nitrogen and oxygen atoms in total. The van der Waals surface area contributed by atoms with E-state index in [1.165, 1.54) is 11.1 Å². The van der Waals surface area contributed by atoms with Gasteiger partial charge in [0.2, 0.25) is 5.91 Å². The van der Waals surface area contributed by atoms with E-state index in [-0.39, 0.29) is 17.2 Å². The lowest BCUT2D eigenvalue weighted by Crippen LogP contribution is -2.39. The summed E-state index contributed by atoms with van der Waals surface area (Å²) < 4.78 is 0. The number of aliphatic carboxylic acids is 1. The first-order chi connectivity index (χ1) is 11.0. The Morgan fingerprint density at radius 3 is 2.43 bits per heavy atom. The molecule has 1 unspecified atom stereocenters. The largest absolute Gasteiger partial charge is 0.481 e. The number of carboxylic acids is 1. The highest BCUT2D eigenvalue weighted by molar-refractivity contribution is 5.77. The fourth-order valence-electron chi connectivity index (χ4n) is 3.81. The lowest BCUT2D eigenvalue weighted by molar-refractivity contribution is -0.139. The molecule has 1 amide bonds. The van der Waals surface area contributed by atoms with Crippen LogP contribution in [-0.2, 0) is 16.0 Å². The minimum Gasteiger partial charge on any atom is -0.481 e. The number of likely N-dealkylation sites (tertiary alicyclic amines) is 1. The average molecular weight is 315 g/mol. The zero-order valence-corrected chi connectivity index (χ0v) is 13.8. The summed E-state index contributed by atoms with van der Waals surface area (Å²) in [6, 6.07) is 8.47. The van der Waals surface area contributed by atoms with E-state index in [1.54, 1.807) is 0 Å². The summed E-state index contributed by atoms with van der Waals surface area (Å²) in [6.07, 6.45) is 4.91. The smallest absolute Gasteiger partial charge is 0.307 e. The van der Waals surface area contributed by atoms with Gasteiger partial charge in [-0.3, -0.25) is 9.59 Å². The standard InChI is InChI=1S/C19H25NO3/c1-14-5-7-15(8-6-14)3-2-4-17(21)20-11-9-19(10-12-20)13-16(19)18(22)23/h5-8,16H,2-4,9-13H2,1H3,(H,22,23). The van der Waals surface area contributed by atoms with Crippen LogP contribution < -0.4 is 0 Å². The number of hydrogen-bond donors (Lipinski definition) is 1. The Bertz CT molecular complexity index is 585. The summed E-state index contributed by atoms with van der Waals surface area (Å²) >= 11 is 0. The first kappa shape index (κ1) is 16.0. The summed E-state index contributed by atoms with van der Waals surface area (Å²) in [4.78, 5) is 25.3. The van der Waals surface area contributed by atoms with Crippen molar-refractivity contribution < 1.29 is 14.7 Å². The lowest BCUT2D eigenvalue weighted by atomic mass is 9.90. The average Bonchev–Trinajstić information content (AvgIpc) is 3.24. The van der Waals surface area contributed by atoms with Gasteiger partial charge >= 0.3 is 5.97 Å². The molecule has 0 aromatic heterocycles. The van der Waals surface area contributed by atoms with Crippen molar-refractivity contribution in [3.05, 3.63) is 35.4 Å². The maximum Gasteiger partial charge on any atom is 0.307 e. The third kappa shape index (κ3) is 3.57. The van der Waals surface area contributed by atoms with E-state index in [4.69, 9.17) is 5.11 Å². The van der Waals surface area contributed by atoms with Crippen molar-refractivity contribution >= 4 is 11.9 Å². The van der Waals surface area contributed by atoms with Gasteiger partial charge in [-0.25, -0.2) is 0 Å². The van der Waals surface area contributed by atoms with Gasteiger partial charge in [0.05, 0.1) is 5.92 Å². The molecule has 23 heavy (non-hydrogen) atoms. The minimum absolute atomic E-state index is 0.00448. The van der Waals surface area contributed by atoms with Crippen molar-refractivity contribution in [2.75, 3.05) is 13.1 Å². The molecule has 1 N–H and O–H groups in total. The van der Waals surface area contributed by atoms with E-state index in [1.807, 2.05) is 4.90 Å². The Morgan fingerprint density at radius 1 is 1.22 bits per heavy atom. The molecule has 4 heteroatoms. The molecule has 2 fully saturated rings. The maximum atomic E-state index is 12.3. The van der Waals surface area contributed by atoms with E-state index in [2.05, 4.69) is 31.2 Å². The van der Waals surface area contributed by atoms with Crippen molar-refractivity contribution in [2.45, 2.75) is 45.4 Å². The molecule has 1 saturated heterocycles. The van der Waals surface area contributed by atoms with Crippen LogP contribution in [0.4, 0.5) is 0 Å². The van der Waals surface area contributed by atoms with Gasteiger partial charge in [-0.15, -0.1) is 0 Å². The van der Waals surface area contributed by atoms with Crippen LogP contribution >= 0.6 is 0 Å². The quantitative estimate of drug-likeness (QED) is 0.908. The molecule has 1 heterocycles. The van der Waals surface area contributed by atoms with Crippen LogP contribution in [0.15, 0.2) is 24.3 Å². The van der Waals surface area contributed by atoms with Crippen molar-refractivity contribution in [3.63, 3.8) is 0 Å². The van der Waals surface area contributed by atoms with Crippen molar-refractivity contribution in [2.24, 2.45) is 11.3 Å². The van der Waals surface area contributed by atoms with E-state index in [9.17, 15) is 9.59 Å². The molecule has 1 aromatic carbocycles. The van der Waals surface area contributed by atoms with E-state index < -0.39 is 5.97 Å². The molecule has 1 aliphatic carbocycles. The second-order valence-electron chi connectivity index (χ2n) is 7.18. The molecular formula is C19H25NO3. The van der Waals surface area contributed by atoms with Gasteiger partial charge in [-0.1, -0.05) is 29.8 Å². The predicted molar refractivity (Wildman–Crippen MR) is 88.1 cm³/mol. The van der Waals surface area contributed by atoms with Gasteiger partial charge < -0.3 is 10.0 Å². The number of aryl methyl sites for hydroxylation is 2.